The van der Waals surface area contributed by atoms with Crippen LogP contribution in [0.25, 0.3) is 0 Å². The van der Waals surface area contributed by atoms with Crippen LogP contribution in [0.2, 0.25) is 0 Å². The minimum absolute atomic E-state index is 0.187. The number of rotatable bonds is 5. The molecule has 0 aliphatic carbocycles. The van der Waals surface area contributed by atoms with E-state index in [2.05, 4.69) is 0 Å². The molecule has 0 spiro atoms. The van der Waals surface area contributed by atoms with Gasteiger partial charge >= 0.3 is 5.97 Å². The number of esters is 1. The molecule has 3 nitrogen and oxygen atoms in total. The molecule has 0 N–H and O–H groups in total. The van der Waals surface area contributed by atoms with Crippen LogP contribution in [-0.2, 0) is 9.53 Å². The highest BCUT2D eigenvalue weighted by atomic mass is 32.2. The van der Waals surface area contributed by atoms with Gasteiger partial charge in [-0.1, -0.05) is 6.07 Å². The van der Waals surface area contributed by atoms with E-state index < -0.39 is 5.41 Å². The predicted octanol–water partition coefficient (Wildman–Crippen LogP) is 2.99. The van der Waals surface area contributed by atoms with Crippen molar-refractivity contribution in [3.63, 3.8) is 0 Å². The Labute approximate surface area is 106 Å². The van der Waals surface area contributed by atoms with Crippen molar-refractivity contribution in [2.45, 2.75) is 18.7 Å². The lowest BCUT2D eigenvalue weighted by Gasteiger charge is -2.20. The first-order valence-electron chi connectivity index (χ1n) is 5.35. The smallest absolute Gasteiger partial charge is 0.312 e. The molecule has 0 amide bonds. The topological polar surface area (TPSA) is 35.5 Å². The van der Waals surface area contributed by atoms with Crippen LogP contribution in [0.4, 0.5) is 0 Å². The molecule has 0 heterocycles. The summed E-state index contributed by atoms with van der Waals surface area (Å²) in [6.45, 7) is 3.76. The Hall–Kier alpha value is -1.16. The van der Waals surface area contributed by atoms with Gasteiger partial charge in [0.25, 0.3) is 0 Å². The van der Waals surface area contributed by atoms with E-state index >= 15 is 0 Å². The predicted molar refractivity (Wildman–Crippen MR) is 69.5 cm³/mol. The van der Waals surface area contributed by atoms with E-state index in [0.29, 0.717) is 5.75 Å². The van der Waals surface area contributed by atoms with Crippen LogP contribution in [-0.4, -0.2) is 25.9 Å². The van der Waals surface area contributed by atoms with Gasteiger partial charge < -0.3 is 9.47 Å². The molecule has 0 radical (unpaired) electrons. The normalized spacial score (nSPS) is 11.1. The molecule has 0 atom stereocenters. The number of carbonyl (C=O) groups is 1. The summed E-state index contributed by atoms with van der Waals surface area (Å²) in [7, 11) is 3.06. The van der Waals surface area contributed by atoms with Crippen LogP contribution in [0.1, 0.15) is 13.8 Å². The Morgan fingerprint density at radius 2 is 2.06 bits per heavy atom. The third-order valence-electron chi connectivity index (χ3n) is 2.38. The van der Waals surface area contributed by atoms with E-state index in [4.69, 9.17) is 9.47 Å². The fourth-order valence-electron chi connectivity index (χ4n) is 1.29. The molecule has 0 unspecified atom stereocenters. The molecular weight excluding hydrogens is 236 g/mol. The van der Waals surface area contributed by atoms with Gasteiger partial charge in [-0.2, -0.15) is 0 Å². The van der Waals surface area contributed by atoms with E-state index in [9.17, 15) is 4.79 Å². The Morgan fingerprint density at radius 1 is 1.35 bits per heavy atom. The van der Waals surface area contributed by atoms with Crippen LogP contribution in [0.15, 0.2) is 29.2 Å². The molecule has 0 saturated carbocycles. The maximum Gasteiger partial charge on any atom is 0.312 e. The second kappa shape index (κ2) is 5.96. The second-order valence-corrected chi connectivity index (χ2v) is 5.39. The van der Waals surface area contributed by atoms with Crippen molar-refractivity contribution in [2.75, 3.05) is 20.0 Å². The van der Waals surface area contributed by atoms with E-state index in [-0.39, 0.29) is 5.97 Å². The van der Waals surface area contributed by atoms with Gasteiger partial charge in [0.15, 0.2) is 0 Å². The minimum Gasteiger partial charge on any atom is -0.497 e. The molecule has 17 heavy (non-hydrogen) atoms. The summed E-state index contributed by atoms with van der Waals surface area (Å²) in [6.07, 6.45) is 0. The van der Waals surface area contributed by atoms with Crippen molar-refractivity contribution in [3.8, 4) is 5.75 Å². The summed E-state index contributed by atoms with van der Waals surface area (Å²) in [5.74, 6) is 1.31. The number of thioether (sulfide) groups is 1. The van der Waals surface area contributed by atoms with Crippen molar-refractivity contribution in [2.24, 2.45) is 5.41 Å². The van der Waals surface area contributed by atoms with Crippen LogP contribution in [0, 0.1) is 5.41 Å². The molecule has 0 aliphatic heterocycles. The first kappa shape index (κ1) is 13.9. The highest BCUT2D eigenvalue weighted by Gasteiger charge is 2.28. The summed E-state index contributed by atoms with van der Waals surface area (Å²) >= 11 is 1.62. The zero-order valence-electron chi connectivity index (χ0n) is 10.6. The van der Waals surface area contributed by atoms with Crippen LogP contribution < -0.4 is 4.74 Å². The summed E-state index contributed by atoms with van der Waals surface area (Å²) in [6, 6.07) is 7.79. The van der Waals surface area contributed by atoms with Crippen LogP contribution >= 0.6 is 11.8 Å². The van der Waals surface area contributed by atoms with Crippen LogP contribution in [0.5, 0.6) is 5.75 Å². The molecule has 1 aromatic rings. The summed E-state index contributed by atoms with van der Waals surface area (Å²) < 4.78 is 9.92. The van der Waals surface area contributed by atoms with Crippen molar-refractivity contribution in [3.05, 3.63) is 24.3 Å². The minimum atomic E-state index is -0.484. The van der Waals surface area contributed by atoms with Gasteiger partial charge in [0.2, 0.25) is 0 Å². The summed E-state index contributed by atoms with van der Waals surface area (Å²) in [4.78, 5) is 12.6. The number of hydrogen-bond donors (Lipinski definition) is 0. The van der Waals surface area contributed by atoms with Crippen molar-refractivity contribution >= 4 is 17.7 Å². The Balaban J connectivity index is 2.63. The average Bonchev–Trinajstić information content (AvgIpc) is 2.35. The third kappa shape index (κ3) is 3.97. The number of hydrogen-bond acceptors (Lipinski definition) is 4. The number of benzene rings is 1. The van der Waals surface area contributed by atoms with Gasteiger partial charge in [0.1, 0.15) is 5.75 Å². The quantitative estimate of drug-likeness (QED) is 0.598. The molecule has 0 saturated heterocycles. The van der Waals surface area contributed by atoms with Gasteiger partial charge in [-0.05, 0) is 32.0 Å². The molecule has 1 aromatic carbocycles. The van der Waals surface area contributed by atoms with Crippen molar-refractivity contribution < 1.29 is 14.3 Å². The summed E-state index contributed by atoms with van der Waals surface area (Å²) in [5, 5.41) is 0. The molecule has 0 fully saturated rings. The average molecular weight is 254 g/mol. The molecular formula is C13H18O3S. The van der Waals surface area contributed by atoms with Gasteiger partial charge in [0.05, 0.1) is 19.6 Å². The first-order valence-corrected chi connectivity index (χ1v) is 6.33. The van der Waals surface area contributed by atoms with Gasteiger partial charge in [-0.15, -0.1) is 11.8 Å². The molecule has 94 valence electrons. The van der Waals surface area contributed by atoms with Crippen molar-refractivity contribution in [1.82, 2.24) is 0 Å². The first-order chi connectivity index (χ1) is 7.99. The zero-order chi connectivity index (χ0) is 12.9. The molecule has 4 heteroatoms. The Morgan fingerprint density at radius 3 is 2.65 bits per heavy atom. The Kier molecular flexibility index (Phi) is 4.87. The fraction of sp³-hybridized carbons (Fsp3) is 0.462. The maximum absolute atomic E-state index is 11.5. The number of carbonyl (C=O) groups excluding carboxylic acids is 1. The number of ether oxygens (including phenoxy) is 2. The lowest BCUT2D eigenvalue weighted by molar-refractivity contribution is -0.149. The van der Waals surface area contributed by atoms with Gasteiger partial charge in [0, 0.05) is 10.6 Å². The monoisotopic (exact) mass is 254 g/mol. The van der Waals surface area contributed by atoms with Gasteiger partial charge in [-0.25, -0.2) is 0 Å². The van der Waals surface area contributed by atoms with Crippen LogP contribution in [0.3, 0.4) is 0 Å². The molecule has 0 aliphatic rings. The van der Waals surface area contributed by atoms with E-state index in [0.717, 1.165) is 10.6 Å². The van der Waals surface area contributed by atoms with E-state index in [1.807, 2.05) is 38.1 Å². The fourth-order valence-corrected chi connectivity index (χ4v) is 2.31. The van der Waals surface area contributed by atoms with Crippen molar-refractivity contribution in [1.29, 1.82) is 0 Å². The standard InChI is InChI=1S/C13H18O3S/c1-13(2,12(14)16-4)9-17-11-7-5-6-10(8-11)15-3/h5-8H,9H2,1-4H3. The third-order valence-corrected chi connectivity index (χ3v) is 3.83. The molecule has 1 rings (SSSR count). The SMILES string of the molecule is COC(=O)C(C)(C)CSc1cccc(OC)c1. The Bertz CT molecular complexity index is 388. The molecule has 0 aromatic heterocycles. The van der Waals surface area contributed by atoms with Gasteiger partial charge in [-0.3, -0.25) is 4.79 Å². The highest BCUT2D eigenvalue weighted by Crippen LogP contribution is 2.30. The highest BCUT2D eigenvalue weighted by molar-refractivity contribution is 7.99. The lowest BCUT2D eigenvalue weighted by atomic mass is 9.97. The largest absolute Gasteiger partial charge is 0.497 e. The van der Waals surface area contributed by atoms with E-state index in [1.54, 1.807) is 18.9 Å². The lowest BCUT2D eigenvalue weighted by Crippen LogP contribution is -2.28. The molecule has 0 bridgehead atoms. The number of methoxy groups -OCH3 is 2. The van der Waals surface area contributed by atoms with E-state index in [1.165, 1.54) is 7.11 Å². The zero-order valence-corrected chi connectivity index (χ0v) is 11.5. The maximum atomic E-state index is 11.5. The summed E-state index contributed by atoms with van der Waals surface area (Å²) in [5.41, 5.74) is -0.484. The second-order valence-electron chi connectivity index (χ2n) is 4.34.